The van der Waals surface area contributed by atoms with Gasteiger partial charge in [-0.3, -0.25) is 14.5 Å². The summed E-state index contributed by atoms with van der Waals surface area (Å²) in [6, 6.07) is -1.07. The van der Waals surface area contributed by atoms with Gasteiger partial charge < -0.3 is 25.8 Å². The molecule has 5 heterocycles. The Balaban J connectivity index is 1.36. The van der Waals surface area contributed by atoms with Gasteiger partial charge in [0.05, 0.1) is 18.7 Å². The minimum absolute atomic E-state index is 0.0441. The molecule has 1 saturated heterocycles. The summed E-state index contributed by atoms with van der Waals surface area (Å²) >= 11 is 3.60. The minimum Gasteiger partial charge on any atom is -0.543 e. The van der Waals surface area contributed by atoms with E-state index in [2.05, 4.69) is 24.7 Å². The molecule has 2 amide bonds. The Labute approximate surface area is 219 Å². The molecule has 3 aromatic heterocycles. The van der Waals surface area contributed by atoms with Gasteiger partial charge in [-0.05, 0) is 11.6 Å². The fourth-order valence-corrected chi connectivity index (χ4v) is 6.53. The number of oxime groups is 1. The molecule has 5 rings (SSSR count). The van der Waals surface area contributed by atoms with E-state index in [1.54, 1.807) is 12.2 Å². The predicted molar refractivity (Wildman–Crippen MR) is 130 cm³/mol. The van der Waals surface area contributed by atoms with Crippen molar-refractivity contribution >= 4 is 74.2 Å². The van der Waals surface area contributed by atoms with Crippen LogP contribution in [0.5, 0.6) is 0 Å². The minimum atomic E-state index is -1.51. The van der Waals surface area contributed by atoms with E-state index < -0.39 is 41.8 Å². The summed E-state index contributed by atoms with van der Waals surface area (Å²) in [6.45, 7) is -1.30. The molecule has 0 radical (unpaired) electrons. The molecule has 3 aromatic rings. The highest BCUT2D eigenvalue weighted by Crippen LogP contribution is 2.40. The maximum absolute atomic E-state index is 12.9. The molecular weight excluding hydrogens is 547 g/mol. The molecule has 0 aliphatic carbocycles. The lowest BCUT2D eigenvalue weighted by Crippen LogP contribution is -2.71. The standard InChI is InChI=1S/C20H17FN8O5S3/c1-27-4-11-28(8-27)10(6-35-11)3-2-9-5-36-18-13(17(31)29(18)14(9)19(32)33)23-16(30)12(25-34-7-21)15-24-20(22)37-26-15/h2-4,6,8,13,18H,5,7H2,1H3,(H3-,22,23,24,26,30,32,33)/b3-2+,25-12-/t13-,18-/m1/s1. The van der Waals surface area contributed by atoms with Crippen molar-refractivity contribution in [3.05, 3.63) is 46.8 Å². The summed E-state index contributed by atoms with van der Waals surface area (Å²) in [7, 11) is 1.90. The highest BCUT2D eigenvalue weighted by molar-refractivity contribution is 8.00. The quantitative estimate of drug-likeness (QED) is 0.151. The molecule has 37 heavy (non-hydrogen) atoms. The van der Waals surface area contributed by atoms with Crippen LogP contribution in [0.1, 0.15) is 11.5 Å². The maximum atomic E-state index is 12.9. The number of aliphatic carboxylic acids is 1. The van der Waals surface area contributed by atoms with Gasteiger partial charge in [0, 0.05) is 22.7 Å². The fraction of sp³-hybridized carbons (Fsp3) is 0.250. The number of nitrogen functional groups attached to an aromatic ring is 1. The second kappa shape index (κ2) is 9.91. The molecule has 3 N–H and O–H groups in total. The van der Waals surface area contributed by atoms with Crippen LogP contribution in [0.4, 0.5) is 9.52 Å². The van der Waals surface area contributed by atoms with Gasteiger partial charge in [-0.25, -0.2) is 8.96 Å². The van der Waals surface area contributed by atoms with Gasteiger partial charge in [0.25, 0.3) is 18.7 Å². The summed E-state index contributed by atoms with van der Waals surface area (Å²) in [5.74, 6) is -3.01. The number of hydrogen-bond acceptors (Lipinski definition) is 12. The molecule has 2 atom stereocenters. The van der Waals surface area contributed by atoms with Crippen molar-refractivity contribution in [3.8, 4) is 0 Å². The van der Waals surface area contributed by atoms with Gasteiger partial charge in [-0.1, -0.05) is 22.6 Å². The number of halogens is 1. The number of thiazole rings is 1. The van der Waals surface area contributed by atoms with Crippen LogP contribution >= 0.6 is 34.6 Å². The second-order valence-electron chi connectivity index (χ2n) is 7.77. The number of amides is 2. The Morgan fingerprint density at radius 3 is 2.97 bits per heavy atom. The number of nitrogens with two attached hydrogens (primary N) is 1. The molecule has 1 fully saturated rings. The molecule has 0 saturated carbocycles. The van der Waals surface area contributed by atoms with Crippen molar-refractivity contribution in [2.24, 2.45) is 12.2 Å². The van der Waals surface area contributed by atoms with E-state index in [0.717, 1.165) is 27.0 Å². The van der Waals surface area contributed by atoms with Gasteiger partial charge in [-0.2, -0.15) is 13.8 Å². The Hall–Kier alpha value is -3.83. The van der Waals surface area contributed by atoms with E-state index in [1.165, 1.54) is 23.1 Å². The van der Waals surface area contributed by atoms with Crippen molar-refractivity contribution < 1.29 is 33.1 Å². The molecule has 2 aliphatic rings. The van der Waals surface area contributed by atoms with Crippen LogP contribution in [0, 0.1) is 0 Å². The monoisotopic (exact) mass is 564 g/mol. The van der Waals surface area contributed by atoms with Gasteiger partial charge in [0.15, 0.2) is 5.13 Å². The molecule has 2 aliphatic heterocycles. The first kappa shape index (κ1) is 24.8. The van der Waals surface area contributed by atoms with E-state index >= 15 is 0 Å². The molecule has 17 heteroatoms. The summed E-state index contributed by atoms with van der Waals surface area (Å²) in [4.78, 5) is 48.0. The van der Waals surface area contributed by atoms with Gasteiger partial charge in [0.2, 0.25) is 22.7 Å². The van der Waals surface area contributed by atoms with Crippen LogP contribution < -0.4 is 20.6 Å². The van der Waals surface area contributed by atoms with Crippen LogP contribution in [0.25, 0.3) is 10.9 Å². The lowest BCUT2D eigenvalue weighted by Gasteiger charge is -2.50. The smallest absolute Gasteiger partial charge is 0.278 e. The van der Waals surface area contributed by atoms with E-state index in [0.29, 0.717) is 5.57 Å². The van der Waals surface area contributed by atoms with Crippen LogP contribution in [-0.2, 0) is 26.3 Å². The summed E-state index contributed by atoms with van der Waals surface area (Å²) < 4.78 is 20.2. The van der Waals surface area contributed by atoms with Gasteiger partial charge in [0.1, 0.15) is 23.3 Å². The average molecular weight is 565 g/mol. The highest BCUT2D eigenvalue weighted by atomic mass is 32.2. The number of nitrogens with one attached hydrogen (secondary N) is 1. The first-order chi connectivity index (χ1) is 17.8. The number of anilines is 1. The SMILES string of the molecule is Cn1cc2scc(/C=C/C3=C(C(=O)[O-])N4C(=O)[C@@H](NC(=O)/C(=N\OCF)c5nsc(N)n5)[C@H]4SC3)[n+]2c1. The number of aryl methyl sites for hydroxylation is 1. The number of carboxylic acid groups (broad SMARTS) is 1. The van der Waals surface area contributed by atoms with E-state index in [4.69, 9.17) is 5.73 Å². The Morgan fingerprint density at radius 2 is 2.27 bits per heavy atom. The summed E-state index contributed by atoms with van der Waals surface area (Å²) in [6.07, 6.45) is 7.27. The van der Waals surface area contributed by atoms with Gasteiger partial charge >= 0.3 is 0 Å². The normalized spacial score (nSPS) is 19.9. The van der Waals surface area contributed by atoms with Crippen molar-refractivity contribution in [3.63, 3.8) is 0 Å². The number of imidazole rings is 1. The van der Waals surface area contributed by atoms with Crippen LogP contribution in [0.15, 0.2) is 40.4 Å². The van der Waals surface area contributed by atoms with Crippen molar-refractivity contribution in [1.82, 2.24) is 24.1 Å². The molecule has 0 aromatic carbocycles. The molecule has 0 spiro atoms. The zero-order valence-electron chi connectivity index (χ0n) is 18.9. The van der Waals surface area contributed by atoms with Crippen molar-refractivity contribution in [2.45, 2.75) is 11.4 Å². The zero-order valence-corrected chi connectivity index (χ0v) is 21.3. The number of carbonyl (C=O) groups is 3. The number of rotatable bonds is 8. The first-order valence-corrected chi connectivity index (χ1v) is 13.2. The third-order valence-electron chi connectivity index (χ3n) is 5.43. The molecule has 192 valence electrons. The first-order valence-electron chi connectivity index (χ1n) is 10.5. The van der Waals surface area contributed by atoms with Crippen LogP contribution in [-0.4, -0.2) is 66.3 Å². The predicted octanol–water partition coefficient (Wildman–Crippen LogP) is -0.976. The second-order valence-corrected chi connectivity index (χ2v) is 10.5. The number of carboxylic acids is 1. The zero-order chi connectivity index (χ0) is 26.3. The lowest BCUT2D eigenvalue weighted by atomic mass is 10.0. The van der Waals surface area contributed by atoms with Crippen molar-refractivity contribution in [2.75, 3.05) is 18.3 Å². The average Bonchev–Trinajstić information content (AvgIpc) is 3.56. The summed E-state index contributed by atoms with van der Waals surface area (Å²) in [5, 5.41) is 19.2. The number of hydrogen-bond donors (Lipinski definition) is 2. The highest BCUT2D eigenvalue weighted by Gasteiger charge is 2.53. The Morgan fingerprint density at radius 1 is 1.46 bits per heavy atom. The molecular formula is C20H17FN8O5S3. The topological polar surface area (TPSA) is 172 Å². The third kappa shape index (κ3) is 4.56. The largest absolute Gasteiger partial charge is 0.543 e. The van der Waals surface area contributed by atoms with E-state index in [9.17, 15) is 23.9 Å². The lowest BCUT2D eigenvalue weighted by molar-refractivity contribution is -0.510. The summed E-state index contributed by atoms with van der Waals surface area (Å²) in [5.41, 5.74) is 6.05. The number of alkyl halides is 1. The number of β-lactam (4-membered cyclic amide) rings is 1. The molecule has 0 unspecified atom stereocenters. The number of carbonyl (C=O) groups excluding carboxylic acids is 3. The Bertz CT molecular complexity index is 1510. The van der Waals surface area contributed by atoms with Crippen LogP contribution in [0.3, 0.4) is 0 Å². The fourth-order valence-electron chi connectivity index (χ4n) is 3.85. The number of aromatic nitrogens is 4. The Kier molecular flexibility index (Phi) is 6.65. The van der Waals surface area contributed by atoms with Crippen molar-refractivity contribution in [1.29, 1.82) is 0 Å². The third-order valence-corrected chi connectivity index (χ3v) is 8.18. The number of fused-ring (bicyclic) bond motifs is 2. The maximum Gasteiger partial charge on any atom is 0.278 e. The number of thioether (sulfide) groups is 1. The van der Waals surface area contributed by atoms with Gasteiger partial charge in [-0.15, -0.1) is 11.8 Å². The van der Waals surface area contributed by atoms with E-state index in [-0.39, 0.29) is 22.4 Å². The van der Waals surface area contributed by atoms with E-state index in [1.807, 2.05) is 33.9 Å². The molecule has 0 bridgehead atoms. The number of allylic oxidation sites excluding steroid dienone is 1. The molecule has 13 nitrogen and oxygen atoms in total. The number of nitrogens with zero attached hydrogens (tertiary/aromatic N) is 6. The van der Waals surface area contributed by atoms with Crippen LogP contribution in [0.2, 0.25) is 0 Å².